The number of aromatic hydroxyl groups is 1. The van der Waals surface area contributed by atoms with E-state index in [1.165, 1.54) is 31.4 Å². The number of benzene rings is 1. The van der Waals surface area contributed by atoms with Gasteiger partial charge in [0.15, 0.2) is 0 Å². The Morgan fingerprint density at radius 3 is 2.83 bits per heavy atom. The summed E-state index contributed by atoms with van der Waals surface area (Å²) < 4.78 is 0.935. The highest BCUT2D eigenvalue weighted by Gasteiger charge is 2.33. The smallest absolute Gasteiger partial charge is 0.129 e. The molecule has 3 heteroatoms. The van der Waals surface area contributed by atoms with E-state index in [0.717, 1.165) is 16.5 Å². The highest BCUT2D eigenvalue weighted by molar-refractivity contribution is 14.1. The van der Waals surface area contributed by atoms with Crippen LogP contribution in [0.4, 0.5) is 0 Å². The number of halogens is 1. The minimum absolute atomic E-state index is 0.215. The summed E-state index contributed by atoms with van der Waals surface area (Å²) in [5, 5.41) is 9.96. The van der Waals surface area contributed by atoms with Gasteiger partial charge in [0.25, 0.3) is 0 Å². The van der Waals surface area contributed by atoms with E-state index in [0.29, 0.717) is 5.75 Å². The third kappa shape index (κ3) is 2.82. The van der Waals surface area contributed by atoms with Crippen molar-refractivity contribution in [1.82, 2.24) is 4.90 Å². The van der Waals surface area contributed by atoms with Crippen LogP contribution in [-0.2, 0) is 5.41 Å². The summed E-state index contributed by atoms with van der Waals surface area (Å²) in [7, 11) is 2.21. The van der Waals surface area contributed by atoms with Gasteiger partial charge in [0.2, 0.25) is 0 Å². The molecule has 100 valence electrons. The van der Waals surface area contributed by atoms with Gasteiger partial charge < -0.3 is 10.0 Å². The van der Waals surface area contributed by atoms with Crippen LogP contribution in [0.5, 0.6) is 5.75 Å². The van der Waals surface area contributed by atoms with Gasteiger partial charge in [-0.3, -0.25) is 0 Å². The maximum Gasteiger partial charge on any atom is 0.129 e. The fraction of sp³-hybridized carbons (Fsp3) is 0.600. The van der Waals surface area contributed by atoms with E-state index in [1.807, 2.05) is 12.1 Å². The van der Waals surface area contributed by atoms with Gasteiger partial charge >= 0.3 is 0 Å². The molecular weight excluding hydrogens is 337 g/mol. The van der Waals surface area contributed by atoms with Crippen LogP contribution in [0.3, 0.4) is 0 Å². The van der Waals surface area contributed by atoms with E-state index >= 15 is 0 Å². The first-order chi connectivity index (χ1) is 8.57. The average Bonchev–Trinajstić information content (AvgIpc) is 2.55. The second-order valence-electron chi connectivity index (χ2n) is 5.49. The highest BCUT2D eigenvalue weighted by Crippen LogP contribution is 2.38. The lowest BCUT2D eigenvalue weighted by Gasteiger charge is -2.35. The molecule has 0 spiro atoms. The normalized spacial score (nSPS) is 25.9. The fourth-order valence-corrected chi connectivity index (χ4v) is 3.43. The van der Waals surface area contributed by atoms with Gasteiger partial charge in [-0.25, -0.2) is 0 Å². The van der Waals surface area contributed by atoms with Crippen molar-refractivity contribution in [3.63, 3.8) is 0 Å². The summed E-state index contributed by atoms with van der Waals surface area (Å²) in [5.74, 6) is 0.424. The number of phenolic OH excluding ortho intramolecular Hbond substituents is 1. The molecule has 0 saturated carbocycles. The Morgan fingerprint density at radius 1 is 1.39 bits per heavy atom. The quantitative estimate of drug-likeness (QED) is 0.813. The minimum Gasteiger partial charge on any atom is -0.507 e. The molecule has 0 aliphatic carbocycles. The zero-order valence-corrected chi connectivity index (χ0v) is 13.4. The third-order valence-electron chi connectivity index (χ3n) is 4.25. The Morgan fingerprint density at radius 2 is 2.17 bits per heavy atom. The van der Waals surface area contributed by atoms with Crippen LogP contribution in [0.25, 0.3) is 0 Å². The lowest BCUT2D eigenvalue weighted by molar-refractivity contribution is 0.256. The van der Waals surface area contributed by atoms with Gasteiger partial charge in [-0.15, -0.1) is 0 Å². The summed E-state index contributed by atoms with van der Waals surface area (Å²) in [4.78, 5) is 2.44. The molecule has 18 heavy (non-hydrogen) atoms. The molecule has 1 heterocycles. The van der Waals surface area contributed by atoms with Crippen molar-refractivity contribution in [3.8, 4) is 5.75 Å². The zero-order chi connectivity index (χ0) is 13.2. The number of hydrogen-bond acceptors (Lipinski definition) is 2. The van der Waals surface area contributed by atoms with Gasteiger partial charge in [-0.1, -0.05) is 19.4 Å². The Bertz CT molecular complexity index is 421. The van der Waals surface area contributed by atoms with Crippen LogP contribution in [0.15, 0.2) is 18.2 Å². The molecule has 0 radical (unpaired) electrons. The molecule has 2 nitrogen and oxygen atoms in total. The maximum atomic E-state index is 9.96. The van der Waals surface area contributed by atoms with E-state index in [-0.39, 0.29) is 5.41 Å². The van der Waals surface area contributed by atoms with Crippen LogP contribution >= 0.6 is 22.6 Å². The number of nitrogens with zero attached hydrogens (tertiary/aromatic N) is 1. The van der Waals surface area contributed by atoms with Crippen molar-refractivity contribution in [2.45, 2.75) is 38.0 Å². The molecule has 1 N–H and O–H groups in total. The summed E-state index contributed by atoms with van der Waals surface area (Å²) in [5.41, 5.74) is 1.52. The third-order valence-corrected chi connectivity index (χ3v) is 5.17. The Labute approximate surface area is 124 Å². The molecule has 1 aliphatic rings. The number of likely N-dealkylation sites (N-methyl/N-ethyl adjacent to an activating group) is 1. The standard InChI is InChI=1S/C15H22INO/c1-3-15(8-4-5-9-17(2)11-15)12-6-7-13(16)14(18)10-12/h6-7,10,18H,3-5,8-9,11H2,1-2H3/t15-/m1/s1. The Hall–Kier alpha value is -0.290. The number of rotatable bonds is 2. The molecule has 1 fully saturated rings. The van der Waals surface area contributed by atoms with Gasteiger partial charge in [-0.2, -0.15) is 0 Å². The lowest BCUT2D eigenvalue weighted by atomic mass is 9.74. The van der Waals surface area contributed by atoms with E-state index in [9.17, 15) is 5.11 Å². The molecule has 0 unspecified atom stereocenters. The molecule has 1 atom stereocenters. The Balaban J connectivity index is 2.37. The first kappa shape index (κ1) is 14.1. The van der Waals surface area contributed by atoms with Crippen molar-refractivity contribution in [2.75, 3.05) is 20.1 Å². The summed E-state index contributed by atoms with van der Waals surface area (Å²) >= 11 is 2.18. The molecule has 0 bridgehead atoms. The summed E-state index contributed by atoms with van der Waals surface area (Å²) in [6, 6.07) is 6.21. The second kappa shape index (κ2) is 5.78. The van der Waals surface area contributed by atoms with Crippen molar-refractivity contribution in [2.24, 2.45) is 0 Å². The van der Waals surface area contributed by atoms with E-state index < -0.39 is 0 Å². The van der Waals surface area contributed by atoms with Crippen LogP contribution in [0.1, 0.15) is 38.2 Å². The van der Waals surface area contributed by atoms with Crippen molar-refractivity contribution in [3.05, 3.63) is 27.3 Å². The topological polar surface area (TPSA) is 23.5 Å². The lowest BCUT2D eigenvalue weighted by Crippen LogP contribution is -2.37. The van der Waals surface area contributed by atoms with Gasteiger partial charge in [0.1, 0.15) is 5.75 Å². The maximum absolute atomic E-state index is 9.96. The largest absolute Gasteiger partial charge is 0.507 e. The van der Waals surface area contributed by atoms with E-state index in [2.05, 4.69) is 47.5 Å². The first-order valence-electron chi connectivity index (χ1n) is 6.75. The van der Waals surface area contributed by atoms with Crippen molar-refractivity contribution >= 4 is 22.6 Å². The first-order valence-corrected chi connectivity index (χ1v) is 7.83. The molecule has 0 aromatic heterocycles. The van der Waals surface area contributed by atoms with Crippen LogP contribution in [0.2, 0.25) is 0 Å². The molecule has 2 rings (SSSR count). The predicted molar refractivity (Wildman–Crippen MR) is 84.1 cm³/mol. The molecule has 1 saturated heterocycles. The number of likely N-dealkylation sites (tertiary alicyclic amines) is 1. The monoisotopic (exact) mass is 359 g/mol. The average molecular weight is 359 g/mol. The Kier molecular flexibility index (Phi) is 4.54. The summed E-state index contributed by atoms with van der Waals surface area (Å²) in [6.45, 7) is 4.57. The summed E-state index contributed by atoms with van der Waals surface area (Å²) in [6.07, 6.45) is 4.94. The SMILES string of the molecule is CC[C@@]1(c2ccc(I)c(O)c2)CCCCN(C)C1. The van der Waals surface area contributed by atoms with Gasteiger partial charge in [0, 0.05) is 12.0 Å². The molecule has 0 amide bonds. The molecular formula is C15H22INO. The minimum atomic E-state index is 0.215. The van der Waals surface area contributed by atoms with Crippen LogP contribution in [0, 0.1) is 3.57 Å². The van der Waals surface area contributed by atoms with Crippen LogP contribution in [-0.4, -0.2) is 30.1 Å². The number of hydrogen-bond donors (Lipinski definition) is 1. The number of phenols is 1. The molecule has 1 aliphatic heterocycles. The zero-order valence-electron chi connectivity index (χ0n) is 11.2. The predicted octanol–water partition coefficient (Wildman–Crippen LogP) is 3.76. The highest BCUT2D eigenvalue weighted by atomic mass is 127. The molecule has 1 aromatic rings. The second-order valence-corrected chi connectivity index (χ2v) is 6.66. The van der Waals surface area contributed by atoms with Gasteiger partial charge in [0.05, 0.1) is 3.57 Å². The van der Waals surface area contributed by atoms with Crippen molar-refractivity contribution < 1.29 is 5.11 Å². The van der Waals surface area contributed by atoms with E-state index in [4.69, 9.17) is 0 Å². The molecule has 1 aromatic carbocycles. The van der Waals surface area contributed by atoms with E-state index in [1.54, 1.807) is 0 Å². The van der Waals surface area contributed by atoms with Gasteiger partial charge in [-0.05, 0) is 73.1 Å². The van der Waals surface area contributed by atoms with Crippen LogP contribution < -0.4 is 0 Å². The fourth-order valence-electron chi connectivity index (χ4n) is 3.09. The van der Waals surface area contributed by atoms with Crippen molar-refractivity contribution in [1.29, 1.82) is 0 Å².